The van der Waals surface area contributed by atoms with Crippen molar-refractivity contribution in [1.29, 1.82) is 0 Å². The molecule has 1 aromatic heterocycles. The maximum Gasteiger partial charge on any atom is 0.270 e. The number of anilines is 1. The van der Waals surface area contributed by atoms with Crippen molar-refractivity contribution in [1.82, 2.24) is 19.7 Å². The number of aromatic nitrogens is 2. The van der Waals surface area contributed by atoms with E-state index in [0.29, 0.717) is 43.0 Å². The highest BCUT2D eigenvalue weighted by Crippen LogP contribution is 2.26. The third-order valence-electron chi connectivity index (χ3n) is 5.85. The highest BCUT2D eigenvalue weighted by molar-refractivity contribution is 6.39. The first kappa shape index (κ1) is 20.8. The first-order chi connectivity index (χ1) is 14.9. The number of carbonyl (C=O) groups is 3. The molecule has 4 rings (SSSR count). The van der Waals surface area contributed by atoms with Crippen LogP contribution in [0.15, 0.2) is 41.6 Å². The van der Waals surface area contributed by atoms with E-state index in [4.69, 9.17) is 0 Å². The van der Waals surface area contributed by atoms with Crippen molar-refractivity contribution in [2.75, 3.05) is 25.5 Å². The molecule has 0 spiro atoms. The largest absolute Gasteiger partial charge is 0.337 e. The fraction of sp³-hybridized carbons (Fsp3) is 0.409. The summed E-state index contributed by atoms with van der Waals surface area (Å²) >= 11 is 0. The predicted molar refractivity (Wildman–Crippen MR) is 116 cm³/mol. The van der Waals surface area contributed by atoms with E-state index in [1.165, 1.54) is 5.01 Å². The number of benzene rings is 1. The Morgan fingerprint density at radius 2 is 1.84 bits per heavy atom. The molecular weight excluding hydrogens is 396 g/mol. The molecule has 1 N–H and O–H groups in total. The van der Waals surface area contributed by atoms with E-state index in [9.17, 15) is 14.4 Å². The molecule has 1 fully saturated rings. The van der Waals surface area contributed by atoms with Gasteiger partial charge < -0.3 is 10.2 Å². The number of nitrogens with zero attached hydrogens (tertiary/aromatic N) is 5. The highest BCUT2D eigenvalue weighted by atomic mass is 16.2. The molecule has 2 aromatic rings. The molecule has 1 saturated heterocycles. The van der Waals surface area contributed by atoms with Gasteiger partial charge in [-0.15, -0.1) is 0 Å². The standard InChI is InChI=1S/C22H26N6O3/c1-15-5-3-4-6-17(15)21(30)24-19-9-12-23-28(19)16-10-13-27(14-11-16)22(31)18-7-8-20(29)26(2)25-18/h3-6,9,12,16H,7-8,10-11,13-14H2,1-2H3,(H,24,30). The number of hydrogen-bond donors (Lipinski definition) is 1. The van der Waals surface area contributed by atoms with Gasteiger partial charge in [-0.25, -0.2) is 9.69 Å². The Morgan fingerprint density at radius 1 is 1.10 bits per heavy atom. The summed E-state index contributed by atoms with van der Waals surface area (Å²) in [5.41, 5.74) is 1.98. The van der Waals surface area contributed by atoms with Gasteiger partial charge in [0.25, 0.3) is 11.8 Å². The second-order valence-corrected chi connectivity index (χ2v) is 7.92. The average Bonchev–Trinajstić information content (AvgIpc) is 3.23. The lowest BCUT2D eigenvalue weighted by Crippen LogP contribution is -2.44. The number of hydrogen-bond acceptors (Lipinski definition) is 5. The third kappa shape index (κ3) is 4.35. The predicted octanol–water partition coefficient (Wildman–Crippen LogP) is 2.22. The van der Waals surface area contributed by atoms with Crippen LogP contribution in [0.1, 0.15) is 47.6 Å². The molecule has 0 aliphatic carbocycles. The second kappa shape index (κ2) is 8.71. The second-order valence-electron chi connectivity index (χ2n) is 7.92. The smallest absolute Gasteiger partial charge is 0.270 e. The van der Waals surface area contributed by atoms with Crippen LogP contribution in [0.3, 0.4) is 0 Å². The molecule has 2 aliphatic heterocycles. The SMILES string of the molecule is Cc1ccccc1C(=O)Nc1ccnn1C1CCN(C(=O)C2=NN(C)C(=O)CC2)CC1. The minimum atomic E-state index is -0.165. The van der Waals surface area contributed by atoms with Crippen molar-refractivity contribution in [3.63, 3.8) is 0 Å². The van der Waals surface area contributed by atoms with Crippen LogP contribution in [-0.2, 0) is 9.59 Å². The molecular formula is C22H26N6O3. The summed E-state index contributed by atoms with van der Waals surface area (Å²) in [7, 11) is 1.57. The molecule has 0 bridgehead atoms. The first-order valence-electron chi connectivity index (χ1n) is 10.5. The van der Waals surface area contributed by atoms with Gasteiger partial charge in [0.05, 0.1) is 12.2 Å². The van der Waals surface area contributed by atoms with Crippen molar-refractivity contribution >= 4 is 29.3 Å². The van der Waals surface area contributed by atoms with Crippen LogP contribution in [-0.4, -0.2) is 63.3 Å². The number of aryl methyl sites for hydroxylation is 1. The molecule has 0 radical (unpaired) electrons. The Bertz CT molecular complexity index is 1040. The summed E-state index contributed by atoms with van der Waals surface area (Å²) in [5.74, 6) is 0.303. The van der Waals surface area contributed by atoms with Crippen molar-refractivity contribution in [3.8, 4) is 0 Å². The molecule has 162 valence electrons. The van der Waals surface area contributed by atoms with E-state index in [-0.39, 0.29) is 23.8 Å². The zero-order valence-corrected chi connectivity index (χ0v) is 17.7. The van der Waals surface area contributed by atoms with E-state index in [1.54, 1.807) is 30.3 Å². The molecule has 31 heavy (non-hydrogen) atoms. The summed E-state index contributed by atoms with van der Waals surface area (Å²) in [6, 6.07) is 9.33. The Morgan fingerprint density at radius 3 is 2.55 bits per heavy atom. The van der Waals surface area contributed by atoms with Crippen LogP contribution in [0.25, 0.3) is 0 Å². The minimum Gasteiger partial charge on any atom is -0.337 e. The van der Waals surface area contributed by atoms with Gasteiger partial charge in [-0.2, -0.15) is 10.2 Å². The Labute approximate surface area is 180 Å². The maximum absolute atomic E-state index is 12.8. The number of rotatable bonds is 4. The quantitative estimate of drug-likeness (QED) is 0.816. The van der Waals surface area contributed by atoms with E-state index in [2.05, 4.69) is 15.5 Å². The lowest BCUT2D eigenvalue weighted by molar-refractivity contribution is -0.130. The van der Waals surface area contributed by atoms with E-state index < -0.39 is 0 Å². The summed E-state index contributed by atoms with van der Waals surface area (Å²) in [6.45, 7) is 3.06. The van der Waals surface area contributed by atoms with Gasteiger partial charge >= 0.3 is 0 Å². The van der Waals surface area contributed by atoms with Crippen LogP contribution in [0, 0.1) is 6.92 Å². The first-order valence-corrected chi connectivity index (χ1v) is 10.5. The summed E-state index contributed by atoms with van der Waals surface area (Å²) in [6.07, 6.45) is 3.82. The van der Waals surface area contributed by atoms with Crippen LogP contribution < -0.4 is 5.32 Å². The van der Waals surface area contributed by atoms with Gasteiger partial charge in [0.1, 0.15) is 11.5 Å². The number of likely N-dealkylation sites (tertiary alicyclic amines) is 1. The molecule has 2 aliphatic rings. The van der Waals surface area contributed by atoms with Crippen molar-refractivity contribution in [3.05, 3.63) is 47.7 Å². The molecule has 9 heteroatoms. The maximum atomic E-state index is 12.8. The Kier molecular flexibility index (Phi) is 5.83. The Hall–Kier alpha value is -3.49. The zero-order valence-electron chi connectivity index (χ0n) is 17.7. The number of amides is 3. The van der Waals surface area contributed by atoms with E-state index in [0.717, 1.165) is 18.4 Å². The van der Waals surface area contributed by atoms with Gasteiger partial charge in [0.2, 0.25) is 5.91 Å². The minimum absolute atomic E-state index is 0.0748. The van der Waals surface area contributed by atoms with Gasteiger partial charge in [-0.3, -0.25) is 14.4 Å². The fourth-order valence-electron chi connectivity index (χ4n) is 4.04. The normalized spacial score (nSPS) is 17.5. The van der Waals surface area contributed by atoms with Gasteiger partial charge in [0, 0.05) is 44.6 Å². The molecule has 3 heterocycles. The number of nitrogens with one attached hydrogen (secondary N) is 1. The molecule has 1 aromatic carbocycles. The number of piperidine rings is 1. The highest BCUT2D eigenvalue weighted by Gasteiger charge is 2.30. The third-order valence-corrected chi connectivity index (χ3v) is 5.85. The average molecular weight is 422 g/mol. The Balaban J connectivity index is 1.39. The molecule has 0 saturated carbocycles. The summed E-state index contributed by atoms with van der Waals surface area (Å²) < 4.78 is 1.84. The molecule has 0 unspecified atom stereocenters. The van der Waals surface area contributed by atoms with Gasteiger partial charge in [0.15, 0.2) is 0 Å². The zero-order chi connectivity index (χ0) is 22.0. The van der Waals surface area contributed by atoms with Crippen LogP contribution in [0.4, 0.5) is 5.82 Å². The number of hydrazone groups is 1. The summed E-state index contributed by atoms with van der Waals surface area (Å²) in [5, 5.41) is 12.8. The monoisotopic (exact) mass is 422 g/mol. The van der Waals surface area contributed by atoms with Crippen LogP contribution >= 0.6 is 0 Å². The van der Waals surface area contributed by atoms with Crippen LogP contribution in [0.2, 0.25) is 0 Å². The lowest BCUT2D eigenvalue weighted by Gasteiger charge is -2.33. The topological polar surface area (TPSA) is 99.9 Å². The van der Waals surface area contributed by atoms with Crippen LogP contribution in [0.5, 0.6) is 0 Å². The van der Waals surface area contributed by atoms with E-state index in [1.807, 2.05) is 29.8 Å². The van der Waals surface area contributed by atoms with Crippen molar-refractivity contribution in [2.24, 2.45) is 5.10 Å². The van der Waals surface area contributed by atoms with E-state index >= 15 is 0 Å². The van der Waals surface area contributed by atoms with Gasteiger partial charge in [-0.1, -0.05) is 18.2 Å². The molecule has 0 atom stereocenters. The van der Waals surface area contributed by atoms with Gasteiger partial charge in [-0.05, 0) is 31.4 Å². The lowest BCUT2D eigenvalue weighted by atomic mass is 10.0. The number of carbonyl (C=O) groups excluding carboxylic acids is 3. The fourth-order valence-corrected chi connectivity index (χ4v) is 4.04. The van der Waals surface area contributed by atoms with Crippen molar-refractivity contribution in [2.45, 2.75) is 38.6 Å². The van der Waals surface area contributed by atoms with Crippen molar-refractivity contribution < 1.29 is 14.4 Å². The molecule has 3 amide bonds. The molecule has 9 nitrogen and oxygen atoms in total. The summed E-state index contributed by atoms with van der Waals surface area (Å²) in [4.78, 5) is 38.8.